The Balaban J connectivity index is 1.57. The first-order chi connectivity index (χ1) is 12.1. The molecule has 0 radical (unpaired) electrons. The third-order valence-electron chi connectivity index (χ3n) is 3.77. The Hall–Kier alpha value is -2.32. The molecule has 0 spiro atoms. The zero-order chi connectivity index (χ0) is 17.6. The van der Waals surface area contributed by atoms with Crippen molar-refractivity contribution < 1.29 is 13.9 Å². The Morgan fingerprint density at radius 1 is 1.40 bits per heavy atom. The monoisotopic (exact) mass is 362 g/mol. The van der Waals surface area contributed by atoms with Gasteiger partial charge in [0.25, 0.3) is 0 Å². The summed E-state index contributed by atoms with van der Waals surface area (Å²) in [6, 6.07) is 6.31. The van der Waals surface area contributed by atoms with Gasteiger partial charge in [-0.2, -0.15) is 5.10 Å². The topological polar surface area (TPSA) is 66.8 Å². The molecule has 25 heavy (non-hydrogen) atoms. The number of hydrogen-bond donors (Lipinski definition) is 1. The molecule has 1 amide bonds. The Kier molecular flexibility index (Phi) is 5.72. The van der Waals surface area contributed by atoms with Crippen LogP contribution in [-0.4, -0.2) is 42.9 Å². The molecule has 1 saturated heterocycles. The van der Waals surface area contributed by atoms with Crippen molar-refractivity contribution in [3.05, 3.63) is 46.7 Å². The highest BCUT2D eigenvalue weighted by atomic mass is 32.1. The fourth-order valence-electron chi connectivity index (χ4n) is 2.44. The molecule has 0 unspecified atom stereocenters. The molecule has 1 aliphatic heterocycles. The van der Waals surface area contributed by atoms with E-state index < -0.39 is 0 Å². The molecule has 0 aliphatic carbocycles. The standard InChI is InChI=1S/C17H19FN4O2S/c1-12(14-4-2-3-5-15(14)18)20-21-16(23)10-13-11-25-17(19-13)22-6-8-24-9-7-22/h2-5,11H,6-10H2,1H3,(H,21,23)/b20-12-. The van der Waals surface area contributed by atoms with Crippen molar-refractivity contribution in [1.29, 1.82) is 0 Å². The van der Waals surface area contributed by atoms with Crippen LogP contribution in [0, 0.1) is 5.82 Å². The molecule has 3 rings (SSSR count). The SMILES string of the molecule is C/C(=N/NC(=O)Cc1csc(N2CCOCC2)n1)c1ccccc1F. The maximum absolute atomic E-state index is 13.7. The maximum atomic E-state index is 13.7. The van der Waals surface area contributed by atoms with Crippen LogP contribution >= 0.6 is 11.3 Å². The van der Waals surface area contributed by atoms with Crippen molar-refractivity contribution in [2.75, 3.05) is 31.2 Å². The molecular formula is C17H19FN4O2S. The average Bonchev–Trinajstić information content (AvgIpc) is 3.09. The minimum absolute atomic E-state index is 0.134. The molecule has 6 nitrogen and oxygen atoms in total. The normalized spacial score (nSPS) is 15.3. The molecule has 1 aliphatic rings. The van der Waals surface area contributed by atoms with Gasteiger partial charge in [-0.25, -0.2) is 14.8 Å². The first-order valence-corrected chi connectivity index (χ1v) is 8.86. The van der Waals surface area contributed by atoms with Crippen molar-refractivity contribution in [3.63, 3.8) is 0 Å². The maximum Gasteiger partial charge on any atom is 0.246 e. The zero-order valence-corrected chi connectivity index (χ0v) is 14.7. The minimum Gasteiger partial charge on any atom is -0.378 e. The first-order valence-electron chi connectivity index (χ1n) is 7.98. The molecule has 0 saturated carbocycles. The summed E-state index contributed by atoms with van der Waals surface area (Å²) in [6.07, 6.45) is 0.134. The quantitative estimate of drug-likeness (QED) is 0.654. The van der Waals surface area contributed by atoms with Crippen LogP contribution in [0.1, 0.15) is 18.2 Å². The predicted molar refractivity (Wildman–Crippen MR) is 95.6 cm³/mol. The van der Waals surface area contributed by atoms with E-state index in [1.165, 1.54) is 17.4 Å². The van der Waals surface area contributed by atoms with Gasteiger partial charge in [0.1, 0.15) is 5.82 Å². The number of rotatable bonds is 5. The van der Waals surface area contributed by atoms with Gasteiger partial charge in [-0.15, -0.1) is 11.3 Å². The molecular weight excluding hydrogens is 343 g/mol. The number of hydrazone groups is 1. The largest absolute Gasteiger partial charge is 0.378 e. The van der Waals surface area contributed by atoms with Gasteiger partial charge >= 0.3 is 0 Å². The Labute approximate surface area is 149 Å². The van der Waals surface area contributed by atoms with E-state index in [0.29, 0.717) is 30.2 Å². The van der Waals surface area contributed by atoms with Crippen LogP contribution in [0.2, 0.25) is 0 Å². The molecule has 132 valence electrons. The number of amides is 1. The lowest BCUT2D eigenvalue weighted by Crippen LogP contribution is -2.36. The molecule has 2 aromatic rings. The number of anilines is 1. The lowest BCUT2D eigenvalue weighted by atomic mass is 10.1. The van der Waals surface area contributed by atoms with E-state index in [1.807, 2.05) is 5.38 Å². The van der Waals surface area contributed by atoms with Crippen LogP contribution in [0.15, 0.2) is 34.7 Å². The number of aromatic nitrogens is 1. The summed E-state index contributed by atoms with van der Waals surface area (Å²) in [5.41, 5.74) is 3.94. The number of ether oxygens (including phenoxy) is 1. The molecule has 1 N–H and O–H groups in total. The zero-order valence-electron chi connectivity index (χ0n) is 13.9. The summed E-state index contributed by atoms with van der Waals surface area (Å²) < 4.78 is 19.0. The third-order valence-corrected chi connectivity index (χ3v) is 4.73. The Morgan fingerprint density at radius 2 is 2.16 bits per heavy atom. The molecule has 2 heterocycles. The van der Waals surface area contributed by atoms with Crippen LogP contribution in [0.4, 0.5) is 9.52 Å². The van der Waals surface area contributed by atoms with E-state index in [0.717, 1.165) is 18.2 Å². The predicted octanol–water partition coefficient (Wildman–Crippen LogP) is 2.20. The van der Waals surface area contributed by atoms with Gasteiger partial charge in [0.05, 0.1) is 31.0 Å². The summed E-state index contributed by atoms with van der Waals surface area (Å²) in [6.45, 7) is 4.66. The number of halogens is 1. The second-order valence-electron chi connectivity index (χ2n) is 5.61. The minimum atomic E-state index is -0.368. The molecule has 8 heteroatoms. The van der Waals surface area contributed by atoms with Gasteiger partial charge in [0.15, 0.2) is 5.13 Å². The Morgan fingerprint density at radius 3 is 2.92 bits per heavy atom. The summed E-state index contributed by atoms with van der Waals surface area (Å²) >= 11 is 1.52. The van der Waals surface area contributed by atoms with Crippen molar-refractivity contribution in [3.8, 4) is 0 Å². The molecule has 1 aromatic heterocycles. The summed E-state index contributed by atoms with van der Waals surface area (Å²) in [5, 5.41) is 6.75. The van der Waals surface area contributed by atoms with E-state index in [-0.39, 0.29) is 18.1 Å². The Bertz CT molecular complexity index is 772. The van der Waals surface area contributed by atoms with Crippen LogP contribution in [-0.2, 0) is 16.0 Å². The highest BCUT2D eigenvalue weighted by molar-refractivity contribution is 7.13. The van der Waals surface area contributed by atoms with Gasteiger partial charge in [0.2, 0.25) is 5.91 Å². The van der Waals surface area contributed by atoms with Crippen LogP contribution in [0.25, 0.3) is 0 Å². The second kappa shape index (κ2) is 8.17. The summed E-state index contributed by atoms with van der Waals surface area (Å²) in [7, 11) is 0. The number of carbonyl (C=O) groups is 1. The number of nitrogens with one attached hydrogen (secondary N) is 1. The molecule has 1 fully saturated rings. The van der Waals surface area contributed by atoms with Crippen molar-refractivity contribution >= 4 is 28.1 Å². The van der Waals surface area contributed by atoms with E-state index in [4.69, 9.17) is 4.74 Å². The number of hydrogen-bond acceptors (Lipinski definition) is 6. The fraction of sp³-hybridized carbons (Fsp3) is 0.353. The molecule has 0 bridgehead atoms. The van der Waals surface area contributed by atoms with Crippen LogP contribution in [0.3, 0.4) is 0 Å². The van der Waals surface area contributed by atoms with Crippen molar-refractivity contribution in [2.24, 2.45) is 5.10 Å². The van der Waals surface area contributed by atoms with Gasteiger partial charge in [-0.1, -0.05) is 18.2 Å². The van der Waals surface area contributed by atoms with E-state index >= 15 is 0 Å². The van der Waals surface area contributed by atoms with Crippen molar-refractivity contribution in [1.82, 2.24) is 10.4 Å². The van der Waals surface area contributed by atoms with Crippen molar-refractivity contribution in [2.45, 2.75) is 13.3 Å². The van der Waals surface area contributed by atoms with E-state index in [1.54, 1.807) is 25.1 Å². The van der Waals surface area contributed by atoms with Gasteiger partial charge < -0.3 is 9.64 Å². The van der Waals surface area contributed by atoms with Gasteiger partial charge in [-0.3, -0.25) is 4.79 Å². The van der Waals surface area contributed by atoms with Crippen LogP contribution in [0.5, 0.6) is 0 Å². The fourth-order valence-corrected chi connectivity index (χ4v) is 3.32. The number of nitrogens with zero attached hydrogens (tertiary/aromatic N) is 3. The van der Waals surface area contributed by atoms with Gasteiger partial charge in [-0.05, 0) is 13.0 Å². The lowest BCUT2D eigenvalue weighted by Gasteiger charge is -2.26. The number of carbonyl (C=O) groups excluding carboxylic acids is 1. The van der Waals surface area contributed by atoms with E-state index in [9.17, 15) is 9.18 Å². The number of benzene rings is 1. The summed E-state index contributed by atoms with van der Waals surface area (Å²) in [5.74, 6) is -0.651. The van der Waals surface area contributed by atoms with E-state index in [2.05, 4.69) is 20.4 Å². The first kappa shape index (κ1) is 17.5. The second-order valence-corrected chi connectivity index (χ2v) is 6.45. The molecule has 0 atom stereocenters. The highest BCUT2D eigenvalue weighted by Gasteiger charge is 2.15. The van der Waals surface area contributed by atoms with Crippen LogP contribution < -0.4 is 10.3 Å². The average molecular weight is 362 g/mol. The molecule has 1 aromatic carbocycles. The summed E-state index contributed by atoms with van der Waals surface area (Å²) in [4.78, 5) is 18.7. The number of morpholine rings is 1. The van der Waals surface area contributed by atoms with Gasteiger partial charge in [0, 0.05) is 24.0 Å². The third kappa shape index (κ3) is 4.61. The lowest BCUT2D eigenvalue weighted by molar-refractivity contribution is -0.120. The highest BCUT2D eigenvalue weighted by Crippen LogP contribution is 2.21. The number of thiazole rings is 1. The smallest absolute Gasteiger partial charge is 0.246 e.